The Labute approximate surface area is 76.2 Å². The topological polar surface area (TPSA) is 26.3 Å². The van der Waals surface area contributed by atoms with Gasteiger partial charge in [-0.15, -0.1) is 0 Å². The van der Waals surface area contributed by atoms with Gasteiger partial charge in [0, 0.05) is 14.4 Å². The Hall–Kier alpha value is -0.573. The van der Waals surface area contributed by atoms with E-state index in [0.29, 0.717) is 17.7 Å². The highest BCUT2D eigenvalue weighted by molar-refractivity contribution is 6.57. The van der Waals surface area contributed by atoms with Gasteiger partial charge in [0.2, 0.25) is 0 Å². The van der Waals surface area contributed by atoms with Gasteiger partial charge in [-0.25, -0.2) is 4.79 Å². The summed E-state index contributed by atoms with van der Waals surface area (Å²) in [6.45, 7) is 12.4. The van der Waals surface area contributed by atoms with Crippen LogP contribution < -0.4 is 0 Å². The lowest BCUT2D eigenvalue weighted by molar-refractivity contribution is -0.138. The van der Waals surface area contributed by atoms with Crippen molar-refractivity contribution < 1.29 is 9.53 Å². The summed E-state index contributed by atoms with van der Waals surface area (Å²) < 4.78 is 5.02. The van der Waals surface area contributed by atoms with Crippen molar-refractivity contribution in [3.8, 4) is 0 Å². The zero-order valence-corrected chi connectivity index (χ0v) is 9.54. The highest BCUT2D eigenvalue weighted by Gasteiger charge is 2.11. The predicted molar refractivity (Wildman–Crippen MR) is 54.1 cm³/mol. The fourth-order valence-electron chi connectivity index (χ4n) is 0.523. The lowest BCUT2D eigenvalue weighted by Crippen LogP contribution is -2.17. The van der Waals surface area contributed by atoms with Gasteiger partial charge in [0.15, 0.2) is 0 Å². The smallest absolute Gasteiger partial charge is 0.333 e. The minimum Gasteiger partial charge on any atom is -0.462 e. The summed E-state index contributed by atoms with van der Waals surface area (Å²) in [4.78, 5) is 11.0. The fraction of sp³-hybridized carbons (Fsp3) is 0.667. The van der Waals surface area contributed by atoms with Gasteiger partial charge in [-0.3, -0.25) is 0 Å². The molecule has 3 heteroatoms. The molecule has 0 saturated carbocycles. The van der Waals surface area contributed by atoms with Crippen LogP contribution in [0.15, 0.2) is 12.2 Å². The molecule has 0 aliphatic heterocycles. The summed E-state index contributed by atoms with van der Waals surface area (Å²) in [6, 6.07) is 0. The summed E-state index contributed by atoms with van der Waals surface area (Å²) >= 11 is 0. The zero-order chi connectivity index (χ0) is 9.72. The number of hydrogen-bond acceptors (Lipinski definition) is 2. The van der Waals surface area contributed by atoms with Crippen LogP contribution in [-0.4, -0.2) is 21.4 Å². The van der Waals surface area contributed by atoms with Gasteiger partial charge in [0.25, 0.3) is 0 Å². The van der Waals surface area contributed by atoms with Gasteiger partial charge in [-0.1, -0.05) is 26.6 Å². The van der Waals surface area contributed by atoms with E-state index in [1.54, 1.807) is 6.92 Å². The first-order chi connectivity index (χ1) is 5.45. The average molecular weight is 186 g/mol. The van der Waals surface area contributed by atoms with Gasteiger partial charge in [0.1, 0.15) is 0 Å². The Kier molecular flexibility index (Phi) is 4.89. The maximum atomic E-state index is 11.0. The van der Waals surface area contributed by atoms with Crippen LogP contribution in [0.5, 0.6) is 0 Å². The minimum absolute atomic E-state index is 0.267. The Morgan fingerprint density at radius 1 is 1.58 bits per heavy atom. The monoisotopic (exact) mass is 186 g/mol. The second kappa shape index (κ2) is 5.14. The van der Waals surface area contributed by atoms with Crippen LogP contribution in [0.25, 0.3) is 0 Å². The van der Waals surface area contributed by atoms with E-state index in [0.717, 1.165) is 0 Å². The number of rotatable bonds is 4. The van der Waals surface area contributed by atoms with E-state index >= 15 is 0 Å². The molecule has 1 unspecified atom stereocenters. The van der Waals surface area contributed by atoms with Crippen LogP contribution in [0.3, 0.4) is 0 Å². The Bertz CT molecular complexity index is 175. The van der Waals surface area contributed by atoms with E-state index in [-0.39, 0.29) is 5.97 Å². The molecule has 0 fully saturated rings. The molecule has 0 N–H and O–H groups in total. The van der Waals surface area contributed by atoms with Gasteiger partial charge >= 0.3 is 5.97 Å². The molecule has 0 aliphatic rings. The third kappa shape index (κ3) is 4.33. The molecule has 0 rings (SSSR count). The second-order valence-electron chi connectivity index (χ2n) is 3.60. The molecule has 2 nitrogen and oxygen atoms in total. The molecule has 0 aliphatic carbocycles. The lowest BCUT2D eigenvalue weighted by Gasteiger charge is -2.14. The van der Waals surface area contributed by atoms with E-state index in [1.165, 1.54) is 0 Å². The summed E-state index contributed by atoms with van der Waals surface area (Å²) in [7, 11) is -0.662. The van der Waals surface area contributed by atoms with Crippen LogP contribution in [0.1, 0.15) is 13.8 Å². The molecule has 0 heterocycles. The zero-order valence-electron chi connectivity index (χ0n) is 8.39. The van der Waals surface area contributed by atoms with Gasteiger partial charge in [-0.2, -0.15) is 0 Å². The van der Waals surface area contributed by atoms with Crippen molar-refractivity contribution in [2.24, 2.45) is 0 Å². The van der Waals surface area contributed by atoms with Crippen LogP contribution >= 0.6 is 0 Å². The van der Waals surface area contributed by atoms with Crippen molar-refractivity contribution in [2.75, 3.05) is 6.61 Å². The standard InChI is InChI=1S/C9H18O2Si/c1-7(2)9(10)11-6-8(3)12(4)5/h8,12H,1,6H2,2-5H3. The largest absolute Gasteiger partial charge is 0.462 e. The van der Waals surface area contributed by atoms with Crippen LogP contribution in [0.4, 0.5) is 0 Å². The van der Waals surface area contributed by atoms with Gasteiger partial charge in [0.05, 0.1) is 6.61 Å². The summed E-state index contributed by atoms with van der Waals surface area (Å²) in [6.07, 6.45) is 0. The number of hydrogen-bond donors (Lipinski definition) is 0. The number of carbonyl (C=O) groups is 1. The van der Waals surface area contributed by atoms with E-state index in [9.17, 15) is 4.79 Å². The van der Waals surface area contributed by atoms with E-state index in [4.69, 9.17) is 4.74 Å². The maximum Gasteiger partial charge on any atom is 0.333 e. The van der Waals surface area contributed by atoms with Crippen molar-refractivity contribution >= 4 is 14.8 Å². The summed E-state index contributed by atoms with van der Waals surface area (Å²) in [5.41, 5.74) is 1.03. The second-order valence-corrected chi connectivity index (χ2v) is 7.23. The van der Waals surface area contributed by atoms with Crippen molar-refractivity contribution in [3.63, 3.8) is 0 Å². The molecule has 0 aromatic carbocycles. The molecule has 70 valence electrons. The van der Waals surface area contributed by atoms with Crippen LogP contribution in [0, 0.1) is 0 Å². The molecule has 1 atom stereocenters. The van der Waals surface area contributed by atoms with E-state index < -0.39 is 8.80 Å². The van der Waals surface area contributed by atoms with Crippen molar-refractivity contribution in [1.82, 2.24) is 0 Å². The maximum absolute atomic E-state index is 11.0. The van der Waals surface area contributed by atoms with Crippen LogP contribution in [-0.2, 0) is 9.53 Å². The van der Waals surface area contributed by atoms with Crippen LogP contribution in [0.2, 0.25) is 18.6 Å². The first kappa shape index (κ1) is 11.4. The van der Waals surface area contributed by atoms with Gasteiger partial charge < -0.3 is 4.74 Å². The highest BCUT2D eigenvalue weighted by Crippen LogP contribution is 2.09. The first-order valence-electron chi connectivity index (χ1n) is 4.27. The number of carbonyl (C=O) groups excluding carboxylic acids is 1. The normalized spacial score (nSPS) is 12.8. The third-order valence-corrected chi connectivity index (χ3v) is 4.43. The SMILES string of the molecule is C=C(C)C(=O)OCC(C)[SiH](C)C. The molecule has 0 aromatic rings. The van der Waals surface area contributed by atoms with Crippen molar-refractivity contribution in [2.45, 2.75) is 32.5 Å². The van der Waals surface area contributed by atoms with Gasteiger partial charge in [-0.05, 0) is 12.5 Å². The molecule has 0 spiro atoms. The molecule has 12 heavy (non-hydrogen) atoms. The minimum atomic E-state index is -0.662. The fourth-order valence-corrected chi connectivity index (χ4v) is 1.00. The van der Waals surface area contributed by atoms with E-state index in [2.05, 4.69) is 26.6 Å². The highest BCUT2D eigenvalue weighted by atomic mass is 28.3. The molecule has 0 radical (unpaired) electrons. The lowest BCUT2D eigenvalue weighted by atomic mass is 10.4. The third-order valence-electron chi connectivity index (χ3n) is 1.96. The molecule has 0 amide bonds. The Morgan fingerprint density at radius 2 is 2.08 bits per heavy atom. The number of esters is 1. The molecular formula is C9H18O2Si. The average Bonchev–Trinajstić information content (AvgIpc) is 1.98. The molecule has 0 saturated heterocycles. The molecule has 0 bridgehead atoms. The number of ether oxygens (including phenoxy) is 1. The van der Waals surface area contributed by atoms with E-state index in [1.807, 2.05) is 0 Å². The Balaban J connectivity index is 3.69. The first-order valence-corrected chi connectivity index (χ1v) is 7.25. The summed E-state index contributed by atoms with van der Waals surface area (Å²) in [5, 5.41) is 0. The Morgan fingerprint density at radius 3 is 2.42 bits per heavy atom. The molecule has 0 aromatic heterocycles. The summed E-state index contributed by atoms with van der Waals surface area (Å²) in [5.74, 6) is -0.267. The molecular weight excluding hydrogens is 168 g/mol. The quantitative estimate of drug-likeness (QED) is 0.381. The van der Waals surface area contributed by atoms with Crippen molar-refractivity contribution in [3.05, 3.63) is 12.2 Å². The predicted octanol–water partition coefficient (Wildman–Crippen LogP) is 1.98. The van der Waals surface area contributed by atoms with Crippen molar-refractivity contribution in [1.29, 1.82) is 0 Å².